The van der Waals surface area contributed by atoms with E-state index in [1.807, 2.05) is 11.0 Å². The van der Waals surface area contributed by atoms with Crippen LogP contribution in [0.4, 0.5) is 10.1 Å². The molecule has 1 atom stereocenters. The van der Waals surface area contributed by atoms with Gasteiger partial charge < -0.3 is 15.7 Å². The van der Waals surface area contributed by atoms with Crippen molar-refractivity contribution in [3.05, 3.63) is 29.6 Å². The molecule has 0 bridgehead atoms. The summed E-state index contributed by atoms with van der Waals surface area (Å²) >= 11 is 0. The van der Waals surface area contributed by atoms with Crippen LogP contribution in [0.3, 0.4) is 0 Å². The Bertz CT molecular complexity index is 349. The summed E-state index contributed by atoms with van der Waals surface area (Å²) in [5.41, 5.74) is 7.13. The van der Waals surface area contributed by atoms with Crippen LogP contribution in [-0.2, 0) is 0 Å². The van der Waals surface area contributed by atoms with Crippen molar-refractivity contribution in [2.24, 2.45) is 5.73 Å². The number of anilines is 1. The average Bonchev–Trinajstić information content (AvgIpc) is 2.28. The largest absolute Gasteiger partial charge is 0.395 e. The van der Waals surface area contributed by atoms with E-state index < -0.39 is 0 Å². The molecule has 96 valence electrons. The summed E-state index contributed by atoms with van der Waals surface area (Å²) in [5, 5.41) is 9.06. The second kappa shape index (κ2) is 6.57. The van der Waals surface area contributed by atoms with E-state index in [-0.39, 0.29) is 18.5 Å². The van der Waals surface area contributed by atoms with Gasteiger partial charge in [0.15, 0.2) is 0 Å². The molecule has 0 aliphatic carbocycles. The minimum absolute atomic E-state index is 0.0505. The Hall–Kier alpha value is -1.13. The normalized spacial score (nSPS) is 12.5. The van der Waals surface area contributed by atoms with Crippen LogP contribution in [0.2, 0.25) is 0 Å². The van der Waals surface area contributed by atoms with Crippen molar-refractivity contribution in [2.75, 3.05) is 24.6 Å². The molecule has 0 aliphatic heterocycles. The van der Waals surface area contributed by atoms with E-state index >= 15 is 0 Å². The van der Waals surface area contributed by atoms with Crippen molar-refractivity contribution in [3.8, 4) is 0 Å². The van der Waals surface area contributed by atoms with Crippen LogP contribution in [0, 0.1) is 5.82 Å². The molecule has 0 saturated heterocycles. The molecule has 1 unspecified atom stereocenters. The van der Waals surface area contributed by atoms with Crippen LogP contribution in [0.1, 0.15) is 31.9 Å². The van der Waals surface area contributed by atoms with Gasteiger partial charge in [0.25, 0.3) is 0 Å². The van der Waals surface area contributed by atoms with Gasteiger partial charge in [-0.2, -0.15) is 0 Å². The maximum Gasteiger partial charge on any atom is 0.130 e. The second-order valence-corrected chi connectivity index (χ2v) is 4.17. The molecule has 0 heterocycles. The quantitative estimate of drug-likeness (QED) is 0.800. The van der Waals surface area contributed by atoms with Gasteiger partial charge in [-0.3, -0.25) is 0 Å². The molecule has 3 nitrogen and oxygen atoms in total. The van der Waals surface area contributed by atoms with E-state index in [1.54, 1.807) is 13.0 Å². The third kappa shape index (κ3) is 3.41. The van der Waals surface area contributed by atoms with Crippen LogP contribution in [-0.4, -0.2) is 24.8 Å². The zero-order valence-corrected chi connectivity index (χ0v) is 10.5. The fourth-order valence-corrected chi connectivity index (χ4v) is 2.00. The van der Waals surface area contributed by atoms with Crippen LogP contribution in [0.25, 0.3) is 0 Å². The Morgan fingerprint density at radius 1 is 1.41 bits per heavy atom. The Morgan fingerprint density at radius 2 is 2.12 bits per heavy atom. The number of halogens is 1. The molecule has 0 fully saturated rings. The second-order valence-electron chi connectivity index (χ2n) is 4.17. The van der Waals surface area contributed by atoms with Crippen LogP contribution in [0.15, 0.2) is 18.2 Å². The number of rotatable bonds is 6. The van der Waals surface area contributed by atoms with Gasteiger partial charge in [0.2, 0.25) is 0 Å². The first-order valence-corrected chi connectivity index (χ1v) is 6.01. The minimum Gasteiger partial charge on any atom is -0.395 e. The molecular formula is C13H21FN2O. The number of aliphatic hydroxyl groups excluding tert-OH is 1. The number of nitrogens with two attached hydrogens (primary N) is 1. The molecule has 0 spiro atoms. The van der Waals surface area contributed by atoms with E-state index in [0.717, 1.165) is 18.7 Å². The van der Waals surface area contributed by atoms with E-state index in [9.17, 15) is 4.39 Å². The molecule has 4 heteroatoms. The lowest BCUT2D eigenvalue weighted by atomic mass is 10.0. The van der Waals surface area contributed by atoms with E-state index in [0.29, 0.717) is 12.1 Å². The number of aliphatic hydroxyl groups is 1. The summed E-state index contributed by atoms with van der Waals surface area (Å²) < 4.78 is 13.8. The fraction of sp³-hybridized carbons (Fsp3) is 0.538. The topological polar surface area (TPSA) is 49.5 Å². The van der Waals surface area contributed by atoms with Gasteiger partial charge in [0.05, 0.1) is 6.61 Å². The first kappa shape index (κ1) is 13.9. The smallest absolute Gasteiger partial charge is 0.130 e. The SMILES string of the molecule is CCCN(CCO)c1cccc(F)c1C(C)N. The third-order valence-corrected chi connectivity index (χ3v) is 2.69. The van der Waals surface area contributed by atoms with Crippen LogP contribution < -0.4 is 10.6 Å². The fourth-order valence-electron chi connectivity index (χ4n) is 2.00. The van der Waals surface area contributed by atoms with E-state index in [1.165, 1.54) is 6.07 Å². The molecule has 0 saturated carbocycles. The van der Waals surface area contributed by atoms with Crippen molar-refractivity contribution in [1.29, 1.82) is 0 Å². The molecule has 0 amide bonds. The van der Waals surface area contributed by atoms with Crippen LogP contribution in [0.5, 0.6) is 0 Å². The molecule has 1 rings (SSSR count). The molecule has 0 aromatic heterocycles. The predicted octanol–water partition coefficient (Wildman–Crippen LogP) is 2.05. The molecule has 1 aromatic carbocycles. The monoisotopic (exact) mass is 240 g/mol. The van der Waals surface area contributed by atoms with Crippen molar-refractivity contribution >= 4 is 5.69 Å². The van der Waals surface area contributed by atoms with Gasteiger partial charge in [-0.1, -0.05) is 13.0 Å². The summed E-state index contributed by atoms with van der Waals surface area (Å²) in [5.74, 6) is -0.281. The van der Waals surface area contributed by atoms with Crippen LogP contribution >= 0.6 is 0 Å². The molecule has 0 aliphatic rings. The highest BCUT2D eigenvalue weighted by Crippen LogP contribution is 2.27. The van der Waals surface area contributed by atoms with Gasteiger partial charge in [-0.25, -0.2) is 4.39 Å². The first-order valence-electron chi connectivity index (χ1n) is 6.01. The summed E-state index contributed by atoms with van der Waals surface area (Å²) in [4.78, 5) is 1.97. The average molecular weight is 240 g/mol. The van der Waals surface area contributed by atoms with Gasteiger partial charge in [-0.15, -0.1) is 0 Å². The molecular weight excluding hydrogens is 219 g/mol. The highest BCUT2D eigenvalue weighted by atomic mass is 19.1. The predicted molar refractivity (Wildman–Crippen MR) is 68.6 cm³/mol. The highest BCUT2D eigenvalue weighted by Gasteiger charge is 2.16. The van der Waals surface area contributed by atoms with Gasteiger partial charge in [0, 0.05) is 30.4 Å². The summed E-state index contributed by atoms with van der Waals surface area (Å²) in [6.07, 6.45) is 0.939. The number of nitrogens with zero attached hydrogens (tertiary/aromatic N) is 1. The van der Waals surface area contributed by atoms with E-state index in [4.69, 9.17) is 10.8 Å². The Labute approximate surface area is 102 Å². The summed E-state index contributed by atoms with van der Waals surface area (Å²) in [6, 6.07) is 4.60. The first-order chi connectivity index (χ1) is 8.11. The van der Waals surface area contributed by atoms with Gasteiger partial charge >= 0.3 is 0 Å². The van der Waals surface area contributed by atoms with Crippen molar-refractivity contribution in [3.63, 3.8) is 0 Å². The van der Waals surface area contributed by atoms with Crippen molar-refractivity contribution in [2.45, 2.75) is 26.3 Å². The Kier molecular flexibility index (Phi) is 5.38. The number of hydrogen-bond donors (Lipinski definition) is 2. The van der Waals surface area contributed by atoms with Crippen molar-refractivity contribution < 1.29 is 9.50 Å². The number of hydrogen-bond acceptors (Lipinski definition) is 3. The molecule has 0 radical (unpaired) electrons. The Morgan fingerprint density at radius 3 is 2.65 bits per heavy atom. The molecule has 1 aromatic rings. The maximum absolute atomic E-state index is 13.8. The lowest BCUT2D eigenvalue weighted by molar-refractivity contribution is 0.301. The Balaban J connectivity index is 3.12. The zero-order valence-electron chi connectivity index (χ0n) is 10.5. The molecule has 3 N–H and O–H groups in total. The highest BCUT2D eigenvalue weighted by molar-refractivity contribution is 5.55. The standard InChI is InChI=1S/C13H21FN2O/c1-3-7-16(8-9-17)12-6-4-5-11(14)13(12)10(2)15/h4-6,10,17H,3,7-9,15H2,1-2H3. The van der Waals surface area contributed by atoms with Crippen molar-refractivity contribution in [1.82, 2.24) is 0 Å². The maximum atomic E-state index is 13.8. The summed E-state index contributed by atoms with van der Waals surface area (Å²) in [6.45, 7) is 5.15. The van der Waals surface area contributed by atoms with Gasteiger partial charge in [0.1, 0.15) is 5.82 Å². The number of benzene rings is 1. The molecule has 17 heavy (non-hydrogen) atoms. The van der Waals surface area contributed by atoms with E-state index in [2.05, 4.69) is 6.92 Å². The van der Waals surface area contributed by atoms with Gasteiger partial charge in [-0.05, 0) is 25.5 Å². The lowest BCUT2D eigenvalue weighted by Gasteiger charge is -2.27. The lowest BCUT2D eigenvalue weighted by Crippen LogP contribution is -2.29. The summed E-state index contributed by atoms with van der Waals surface area (Å²) in [7, 11) is 0. The minimum atomic E-state index is -0.357. The zero-order chi connectivity index (χ0) is 12.8. The third-order valence-electron chi connectivity index (χ3n) is 2.69.